The SMILES string of the molecule is CC(C)c1cccc(C=NNc2cc(N3CCOCC3)n3nc(-c4ccncc4)nc3n2)c1. The van der Waals surface area contributed by atoms with Crippen LogP contribution in [-0.4, -0.2) is 57.1 Å². The molecule has 5 rings (SSSR count). The number of nitrogens with one attached hydrogen (secondary N) is 1. The van der Waals surface area contributed by atoms with E-state index in [0.717, 1.165) is 30.0 Å². The van der Waals surface area contributed by atoms with E-state index in [0.29, 0.717) is 36.6 Å². The molecule has 3 aromatic heterocycles. The first-order chi connectivity index (χ1) is 16.2. The number of nitrogens with zero attached hydrogens (tertiary/aromatic N) is 7. The molecule has 1 aliphatic heterocycles. The highest BCUT2D eigenvalue weighted by Gasteiger charge is 2.19. The molecule has 4 aromatic rings. The van der Waals surface area contributed by atoms with Crippen LogP contribution in [0.1, 0.15) is 30.9 Å². The first-order valence-electron chi connectivity index (χ1n) is 11.1. The molecule has 0 aliphatic carbocycles. The molecular formula is C24H26N8O. The lowest BCUT2D eigenvalue weighted by Crippen LogP contribution is -2.37. The van der Waals surface area contributed by atoms with Gasteiger partial charge in [-0.3, -0.25) is 10.4 Å². The second kappa shape index (κ2) is 9.33. The van der Waals surface area contributed by atoms with Gasteiger partial charge in [-0.05, 0) is 35.2 Å². The third kappa shape index (κ3) is 4.68. The molecule has 168 valence electrons. The van der Waals surface area contributed by atoms with Crippen molar-refractivity contribution in [3.05, 3.63) is 66.0 Å². The number of aromatic nitrogens is 5. The van der Waals surface area contributed by atoms with Crippen molar-refractivity contribution in [2.24, 2.45) is 5.10 Å². The first-order valence-corrected chi connectivity index (χ1v) is 11.1. The maximum atomic E-state index is 5.53. The summed E-state index contributed by atoms with van der Waals surface area (Å²) in [5.74, 6) is 3.08. The van der Waals surface area contributed by atoms with E-state index in [1.54, 1.807) is 23.1 Å². The summed E-state index contributed by atoms with van der Waals surface area (Å²) in [6.45, 7) is 7.24. The largest absolute Gasteiger partial charge is 0.378 e. The summed E-state index contributed by atoms with van der Waals surface area (Å²) in [7, 11) is 0. The van der Waals surface area contributed by atoms with Crippen LogP contribution >= 0.6 is 0 Å². The van der Waals surface area contributed by atoms with Crippen molar-refractivity contribution in [2.75, 3.05) is 36.6 Å². The standard InChI is InChI=1S/C24H26N8O/c1-17(2)20-5-3-4-18(14-20)16-26-29-21-15-22(31-10-12-33-13-11-31)32-24(27-21)28-23(30-32)19-6-8-25-9-7-19/h3-9,14-17H,10-13H2,1-2H3,(H,27,28,29,30). The summed E-state index contributed by atoms with van der Waals surface area (Å²) in [4.78, 5) is 15.6. The second-order valence-corrected chi connectivity index (χ2v) is 8.18. The van der Waals surface area contributed by atoms with E-state index in [-0.39, 0.29) is 0 Å². The number of hydrogen-bond donors (Lipinski definition) is 1. The van der Waals surface area contributed by atoms with Crippen LogP contribution in [0.25, 0.3) is 17.2 Å². The van der Waals surface area contributed by atoms with Gasteiger partial charge >= 0.3 is 0 Å². The Labute approximate surface area is 192 Å². The van der Waals surface area contributed by atoms with Crippen molar-refractivity contribution in [1.82, 2.24) is 24.6 Å². The summed E-state index contributed by atoms with van der Waals surface area (Å²) in [6, 6.07) is 14.1. The smallest absolute Gasteiger partial charge is 0.256 e. The van der Waals surface area contributed by atoms with E-state index >= 15 is 0 Å². The van der Waals surface area contributed by atoms with Crippen LogP contribution in [0.4, 0.5) is 11.6 Å². The molecule has 1 fully saturated rings. The van der Waals surface area contributed by atoms with Crippen LogP contribution < -0.4 is 10.3 Å². The monoisotopic (exact) mass is 442 g/mol. The van der Waals surface area contributed by atoms with Crippen LogP contribution in [0.3, 0.4) is 0 Å². The van der Waals surface area contributed by atoms with Crippen LogP contribution in [0, 0.1) is 0 Å². The highest BCUT2D eigenvalue weighted by atomic mass is 16.5. The molecule has 0 radical (unpaired) electrons. The molecule has 0 saturated carbocycles. The average Bonchev–Trinajstić information content (AvgIpc) is 3.29. The number of hydrazone groups is 1. The van der Waals surface area contributed by atoms with E-state index in [2.05, 4.69) is 56.4 Å². The molecule has 0 unspecified atom stereocenters. The fourth-order valence-electron chi connectivity index (χ4n) is 3.72. The number of ether oxygens (including phenoxy) is 1. The Kier molecular flexibility index (Phi) is 5.95. The lowest BCUT2D eigenvalue weighted by molar-refractivity contribution is 0.122. The van der Waals surface area contributed by atoms with Crippen molar-refractivity contribution in [3.63, 3.8) is 0 Å². The van der Waals surface area contributed by atoms with Gasteiger partial charge in [-0.15, -0.1) is 5.10 Å². The molecular weight excluding hydrogens is 416 g/mol. The average molecular weight is 443 g/mol. The highest BCUT2D eigenvalue weighted by molar-refractivity contribution is 5.80. The van der Waals surface area contributed by atoms with Gasteiger partial charge in [0.05, 0.1) is 19.4 Å². The summed E-state index contributed by atoms with van der Waals surface area (Å²) in [5, 5.41) is 9.14. The second-order valence-electron chi connectivity index (χ2n) is 8.18. The minimum Gasteiger partial charge on any atom is -0.378 e. The zero-order valence-electron chi connectivity index (χ0n) is 18.7. The number of pyridine rings is 1. The Hall–Kier alpha value is -3.85. The Morgan fingerprint density at radius 2 is 1.88 bits per heavy atom. The van der Waals surface area contributed by atoms with E-state index < -0.39 is 0 Å². The molecule has 1 N–H and O–H groups in total. The molecule has 0 bridgehead atoms. The van der Waals surface area contributed by atoms with Crippen molar-refractivity contribution in [1.29, 1.82) is 0 Å². The summed E-state index contributed by atoms with van der Waals surface area (Å²) < 4.78 is 7.31. The van der Waals surface area contributed by atoms with Crippen molar-refractivity contribution >= 4 is 23.6 Å². The van der Waals surface area contributed by atoms with E-state index in [4.69, 9.17) is 9.84 Å². The number of anilines is 2. The van der Waals surface area contributed by atoms with Gasteiger partial charge in [-0.2, -0.15) is 19.6 Å². The molecule has 1 aliphatic rings. The normalized spacial score (nSPS) is 14.5. The Morgan fingerprint density at radius 1 is 1.06 bits per heavy atom. The fraction of sp³-hybridized carbons (Fsp3) is 0.292. The van der Waals surface area contributed by atoms with Gasteiger partial charge < -0.3 is 9.64 Å². The van der Waals surface area contributed by atoms with Gasteiger partial charge in [-0.1, -0.05) is 32.0 Å². The number of morpholine rings is 1. The van der Waals surface area contributed by atoms with Gasteiger partial charge in [0.25, 0.3) is 5.78 Å². The van der Waals surface area contributed by atoms with Gasteiger partial charge in [0.2, 0.25) is 0 Å². The van der Waals surface area contributed by atoms with Gasteiger partial charge in [-0.25, -0.2) is 0 Å². The number of benzene rings is 1. The third-order valence-electron chi connectivity index (χ3n) is 5.54. The Morgan fingerprint density at radius 3 is 2.67 bits per heavy atom. The highest BCUT2D eigenvalue weighted by Crippen LogP contribution is 2.23. The Bertz CT molecular complexity index is 1260. The van der Waals surface area contributed by atoms with E-state index in [9.17, 15) is 0 Å². The number of rotatable bonds is 6. The van der Waals surface area contributed by atoms with Gasteiger partial charge in [0.1, 0.15) is 5.82 Å². The van der Waals surface area contributed by atoms with Crippen molar-refractivity contribution in [2.45, 2.75) is 19.8 Å². The minimum absolute atomic E-state index is 0.467. The van der Waals surface area contributed by atoms with Gasteiger partial charge in [0, 0.05) is 37.1 Å². The molecule has 1 saturated heterocycles. The van der Waals surface area contributed by atoms with Crippen LogP contribution in [-0.2, 0) is 4.74 Å². The predicted octanol–water partition coefficient (Wildman–Crippen LogP) is 3.59. The lowest BCUT2D eigenvalue weighted by atomic mass is 10.0. The van der Waals surface area contributed by atoms with Crippen LogP contribution in [0.2, 0.25) is 0 Å². The molecule has 0 spiro atoms. The molecule has 0 atom stereocenters. The quantitative estimate of drug-likeness (QED) is 0.360. The van der Waals surface area contributed by atoms with Crippen molar-refractivity contribution < 1.29 is 4.74 Å². The molecule has 0 amide bonds. The maximum absolute atomic E-state index is 5.53. The molecule has 4 heterocycles. The van der Waals surface area contributed by atoms with E-state index in [1.807, 2.05) is 30.3 Å². The molecule has 9 nitrogen and oxygen atoms in total. The molecule has 9 heteroatoms. The lowest BCUT2D eigenvalue weighted by Gasteiger charge is -2.28. The summed E-state index contributed by atoms with van der Waals surface area (Å²) >= 11 is 0. The predicted molar refractivity (Wildman–Crippen MR) is 129 cm³/mol. The van der Waals surface area contributed by atoms with Crippen molar-refractivity contribution in [3.8, 4) is 11.4 Å². The topological polar surface area (TPSA) is 92.8 Å². The first kappa shape index (κ1) is 21.0. The van der Waals surface area contributed by atoms with Gasteiger partial charge in [0.15, 0.2) is 11.6 Å². The van der Waals surface area contributed by atoms with E-state index in [1.165, 1.54) is 5.56 Å². The molecule has 1 aromatic carbocycles. The minimum atomic E-state index is 0.467. The Balaban J connectivity index is 1.47. The number of fused-ring (bicyclic) bond motifs is 1. The summed E-state index contributed by atoms with van der Waals surface area (Å²) in [6.07, 6.45) is 5.26. The fourth-order valence-corrected chi connectivity index (χ4v) is 3.72. The zero-order valence-corrected chi connectivity index (χ0v) is 18.7. The zero-order chi connectivity index (χ0) is 22.6. The van der Waals surface area contributed by atoms with Crippen LogP contribution in [0.15, 0.2) is 60.0 Å². The van der Waals surface area contributed by atoms with Crippen LogP contribution in [0.5, 0.6) is 0 Å². The summed E-state index contributed by atoms with van der Waals surface area (Å²) in [5.41, 5.74) is 6.27. The molecule has 33 heavy (non-hydrogen) atoms. The maximum Gasteiger partial charge on any atom is 0.256 e. The third-order valence-corrected chi connectivity index (χ3v) is 5.54. The number of hydrogen-bond acceptors (Lipinski definition) is 8.